The number of carbonyl (C=O) groups is 4. The minimum Gasteiger partial charge on any atom is -0.478 e. The van der Waals surface area contributed by atoms with E-state index in [4.69, 9.17) is 10.8 Å². The molecule has 56 heavy (non-hydrogen) atoms. The van der Waals surface area contributed by atoms with Gasteiger partial charge in [0.05, 0.1) is 5.56 Å². The molecule has 0 aliphatic heterocycles. The van der Waals surface area contributed by atoms with E-state index < -0.39 is 35.1 Å². The minimum absolute atomic E-state index is 0.0114. The second kappa shape index (κ2) is 23.4. The van der Waals surface area contributed by atoms with Crippen molar-refractivity contribution in [3.8, 4) is 0 Å². The van der Waals surface area contributed by atoms with Crippen molar-refractivity contribution >= 4 is 23.7 Å². The van der Waals surface area contributed by atoms with Crippen LogP contribution in [0.2, 0.25) is 0 Å². The van der Waals surface area contributed by atoms with Crippen LogP contribution in [-0.4, -0.2) is 64.8 Å². The summed E-state index contributed by atoms with van der Waals surface area (Å²) in [5.41, 5.74) is 8.93. The molecule has 0 unspecified atom stereocenters. The van der Waals surface area contributed by atoms with Gasteiger partial charge >= 0.3 is 5.97 Å². The number of carbonyl (C=O) groups excluding carboxylic acids is 3. The molecule has 302 valence electrons. The van der Waals surface area contributed by atoms with Gasteiger partial charge in [-0.2, -0.15) is 0 Å². The third-order valence-corrected chi connectivity index (χ3v) is 8.13. The number of rotatable bonds is 14. The maximum Gasteiger partial charge on any atom is 0.335 e. The summed E-state index contributed by atoms with van der Waals surface area (Å²) >= 11 is 0. The van der Waals surface area contributed by atoms with Crippen LogP contribution in [0.1, 0.15) is 111 Å². The fourth-order valence-electron chi connectivity index (χ4n) is 5.69. The van der Waals surface area contributed by atoms with Crippen LogP contribution < -0.4 is 11.1 Å². The third-order valence-electron chi connectivity index (χ3n) is 8.13. The summed E-state index contributed by atoms with van der Waals surface area (Å²) in [6.45, 7) is 14.3. The van der Waals surface area contributed by atoms with E-state index in [0.29, 0.717) is 54.0 Å². The van der Waals surface area contributed by atoms with Crippen LogP contribution in [-0.2, 0) is 13.1 Å². The zero-order valence-electron chi connectivity index (χ0n) is 32.9. The van der Waals surface area contributed by atoms with Crippen molar-refractivity contribution in [2.75, 3.05) is 26.2 Å². The first kappa shape index (κ1) is 46.6. The Morgan fingerprint density at radius 3 is 1.39 bits per heavy atom. The number of carboxylic acids is 1. The van der Waals surface area contributed by atoms with Crippen LogP contribution in [0, 0.1) is 37.1 Å². The summed E-state index contributed by atoms with van der Waals surface area (Å²) in [4.78, 5) is 52.0. The van der Waals surface area contributed by atoms with E-state index in [1.54, 1.807) is 47.1 Å². The van der Waals surface area contributed by atoms with Gasteiger partial charge in [0.2, 0.25) is 0 Å². The Morgan fingerprint density at radius 2 is 0.964 bits per heavy atom. The minimum atomic E-state index is -1.01. The van der Waals surface area contributed by atoms with Crippen LogP contribution >= 0.6 is 0 Å². The molecule has 0 atom stereocenters. The lowest BCUT2D eigenvalue weighted by atomic mass is 10.0. The number of nitrogens with zero attached hydrogens (tertiary/aromatic N) is 2. The van der Waals surface area contributed by atoms with E-state index in [-0.39, 0.29) is 30.5 Å². The molecular weight excluding hydrogens is 728 g/mol. The Balaban J connectivity index is 0.000000328. The van der Waals surface area contributed by atoms with Crippen molar-refractivity contribution in [2.45, 2.75) is 73.9 Å². The molecule has 4 N–H and O–H groups in total. The normalized spacial score (nSPS) is 10.3. The molecule has 4 rings (SSSR count). The second-order valence-corrected chi connectivity index (χ2v) is 13.1. The van der Waals surface area contributed by atoms with Crippen molar-refractivity contribution in [2.24, 2.45) is 5.73 Å². The van der Waals surface area contributed by atoms with Crippen molar-refractivity contribution in [1.82, 2.24) is 15.1 Å². The molecule has 0 aromatic heterocycles. The summed E-state index contributed by atoms with van der Waals surface area (Å²) in [6, 6.07) is 16.1. The van der Waals surface area contributed by atoms with Gasteiger partial charge in [-0.3, -0.25) is 14.4 Å². The number of aromatic carboxylic acids is 1. The average molecular weight is 781 g/mol. The number of nitrogens with two attached hydrogens (primary N) is 1. The van der Waals surface area contributed by atoms with Gasteiger partial charge in [-0.1, -0.05) is 20.8 Å². The number of amides is 3. The molecular formula is C43H52F4N4O5. The molecule has 4 aromatic carbocycles. The fourth-order valence-corrected chi connectivity index (χ4v) is 5.69. The highest BCUT2D eigenvalue weighted by molar-refractivity contribution is 6.00. The third kappa shape index (κ3) is 15.3. The van der Waals surface area contributed by atoms with E-state index in [9.17, 15) is 36.7 Å². The molecule has 0 radical (unpaired) electrons. The Morgan fingerprint density at radius 1 is 0.571 bits per heavy atom. The lowest BCUT2D eigenvalue weighted by molar-refractivity contribution is 0.0695. The predicted octanol–water partition coefficient (Wildman–Crippen LogP) is 8.45. The lowest BCUT2D eigenvalue weighted by Gasteiger charge is -2.22. The molecule has 0 bridgehead atoms. The zero-order chi connectivity index (χ0) is 41.9. The smallest absolute Gasteiger partial charge is 0.335 e. The number of hydrogen-bond acceptors (Lipinski definition) is 5. The number of halogens is 4. The highest BCUT2D eigenvalue weighted by Crippen LogP contribution is 2.16. The number of benzene rings is 4. The van der Waals surface area contributed by atoms with E-state index >= 15 is 0 Å². The molecule has 9 nitrogen and oxygen atoms in total. The second-order valence-electron chi connectivity index (χ2n) is 13.1. The van der Waals surface area contributed by atoms with E-state index in [2.05, 4.69) is 5.32 Å². The summed E-state index contributed by atoms with van der Waals surface area (Å²) in [5.74, 6) is -4.18. The molecule has 0 aliphatic rings. The van der Waals surface area contributed by atoms with Crippen molar-refractivity contribution in [3.63, 3.8) is 0 Å². The van der Waals surface area contributed by atoms with E-state index in [1.165, 1.54) is 30.3 Å². The maximum absolute atomic E-state index is 13.3. The Kier molecular flexibility index (Phi) is 19.5. The Hall–Kier alpha value is -5.56. The Labute approximate surface area is 326 Å². The number of aryl methyl sites for hydroxylation is 2. The van der Waals surface area contributed by atoms with Crippen LogP contribution in [0.5, 0.6) is 0 Å². The maximum atomic E-state index is 13.3. The van der Waals surface area contributed by atoms with E-state index in [1.807, 2.05) is 34.6 Å². The largest absolute Gasteiger partial charge is 0.478 e. The number of carboxylic acid groups (broad SMARTS) is 1. The first-order valence-electron chi connectivity index (χ1n) is 18.5. The molecule has 0 saturated heterocycles. The topological polar surface area (TPSA) is 133 Å². The van der Waals surface area contributed by atoms with Crippen LogP contribution in [0.25, 0.3) is 0 Å². The molecule has 0 aliphatic carbocycles. The molecule has 0 saturated carbocycles. The standard InChI is InChI=1S/C22H26F2N2O2.C14H19NO3.C7H7F2N/c1-4-6-26(7-5-2)22(28)18-9-15(3)8-17(12-18)21(27)25-14-16-10-19(23)13-20(24)11-16;1-4-6-15(5-2)13(16)11-7-10(3)8-12(9-11)14(17)18;8-6-1-5(4-10)2-7(9)3-6/h8-13H,4-7,14H2,1-3H3,(H,25,27);7-9H,4-6H2,1-3H3,(H,17,18);1-3H,4,10H2. The highest BCUT2D eigenvalue weighted by Gasteiger charge is 2.18. The predicted molar refractivity (Wildman–Crippen MR) is 209 cm³/mol. The van der Waals surface area contributed by atoms with Crippen molar-refractivity contribution in [3.05, 3.63) is 141 Å². The van der Waals surface area contributed by atoms with Gasteiger partial charge in [0, 0.05) is 68.1 Å². The first-order valence-corrected chi connectivity index (χ1v) is 18.5. The molecule has 0 fully saturated rings. The number of hydrogen-bond donors (Lipinski definition) is 3. The number of nitrogens with one attached hydrogen (secondary N) is 1. The molecule has 4 aromatic rings. The molecule has 3 amide bonds. The lowest BCUT2D eigenvalue weighted by Crippen LogP contribution is -2.33. The zero-order valence-corrected chi connectivity index (χ0v) is 32.9. The Bertz CT molecular complexity index is 1910. The van der Waals surface area contributed by atoms with Crippen LogP contribution in [0.15, 0.2) is 72.8 Å². The van der Waals surface area contributed by atoms with Gasteiger partial charge in [0.25, 0.3) is 17.7 Å². The highest BCUT2D eigenvalue weighted by atomic mass is 19.1. The van der Waals surface area contributed by atoms with Gasteiger partial charge in [-0.25, -0.2) is 22.4 Å². The first-order chi connectivity index (χ1) is 26.5. The summed E-state index contributed by atoms with van der Waals surface area (Å²) in [7, 11) is 0. The SMILES string of the molecule is CCCN(CC)C(=O)c1cc(C)cc(C(=O)O)c1.CCCN(CCC)C(=O)c1cc(C)cc(C(=O)NCc2cc(F)cc(F)c2)c1.NCc1cc(F)cc(F)c1. The molecule has 13 heteroatoms. The fraction of sp³-hybridized carbons (Fsp3) is 0.349. The summed E-state index contributed by atoms with van der Waals surface area (Å²) < 4.78 is 51.2. The van der Waals surface area contributed by atoms with Crippen LogP contribution in [0.4, 0.5) is 17.6 Å². The molecule has 0 heterocycles. The molecule has 0 spiro atoms. The van der Waals surface area contributed by atoms with Gasteiger partial charge < -0.3 is 26.0 Å². The van der Waals surface area contributed by atoms with E-state index in [0.717, 1.165) is 42.5 Å². The van der Waals surface area contributed by atoms with Gasteiger partial charge in [-0.05, 0) is 123 Å². The van der Waals surface area contributed by atoms with Gasteiger partial charge in [0.1, 0.15) is 23.3 Å². The van der Waals surface area contributed by atoms with Crippen molar-refractivity contribution in [1.29, 1.82) is 0 Å². The average Bonchev–Trinajstić information content (AvgIpc) is 3.14. The van der Waals surface area contributed by atoms with Gasteiger partial charge in [-0.15, -0.1) is 0 Å². The van der Waals surface area contributed by atoms with Crippen LogP contribution in [0.3, 0.4) is 0 Å². The summed E-state index contributed by atoms with van der Waals surface area (Å²) in [6.07, 6.45) is 2.60. The van der Waals surface area contributed by atoms with Gasteiger partial charge in [0.15, 0.2) is 0 Å². The quantitative estimate of drug-likeness (QED) is 0.110. The monoisotopic (exact) mass is 780 g/mol. The van der Waals surface area contributed by atoms with Crippen molar-refractivity contribution < 1.29 is 41.8 Å². The summed E-state index contributed by atoms with van der Waals surface area (Å²) in [5, 5.41) is 11.6.